The molecule has 0 spiro atoms. The van der Waals surface area contributed by atoms with Gasteiger partial charge in [0, 0.05) is 18.3 Å². The highest BCUT2D eigenvalue weighted by atomic mass is 16.3. The van der Waals surface area contributed by atoms with Crippen molar-refractivity contribution in [1.82, 2.24) is 10.2 Å². The molecule has 24 heavy (non-hydrogen) atoms. The number of aliphatic hydroxyl groups is 1. The molecule has 0 aromatic heterocycles. The molecule has 5 heteroatoms. The third-order valence-electron chi connectivity index (χ3n) is 4.86. The molecule has 1 amide bonds. The van der Waals surface area contributed by atoms with Gasteiger partial charge in [0.1, 0.15) is 0 Å². The maximum atomic E-state index is 12.0. The van der Waals surface area contributed by atoms with Gasteiger partial charge in [0.05, 0.1) is 19.1 Å². The fourth-order valence-electron chi connectivity index (χ4n) is 3.24. The number of rotatable bonds is 7. The Hall–Kier alpha value is -1.59. The number of piperidine rings is 1. The van der Waals surface area contributed by atoms with Crippen LogP contribution in [0.5, 0.6) is 0 Å². The minimum absolute atomic E-state index is 0.0140. The number of anilines is 1. The van der Waals surface area contributed by atoms with Crippen LogP contribution < -0.4 is 10.6 Å². The normalized spacial score (nSPS) is 22.8. The molecule has 3 unspecified atom stereocenters. The van der Waals surface area contributed by atoms with Gasteiger partial charge < -0.3 is 20.6 Å². The van der Waals surface area contributed by atoms with Gasteiger partial charge in [-0.3, -0.25) is 4.79 Å². The maximum absolute atomic E-state index is 12.0. The van der Waals surface area contributed by atoms with Crippen LogP contribution in [0.15, 0.2) is 24.3 Å². The summed E-state index contributed by atoms with van der Waals surface area (Å²) in [7, 11) is 2.17. The Morgan fingerprint density at radius 2 is 2.08 bits per heavy atom. The molecule has 0 bridgehead atoms. The molecule has 0 radical (unpaired) electrons. The summed E-state index contributed by atoms with van der Waals surface area (Å²) in [5.74, 6) is 0.583. The van der Waals surface area contributed by atoms with Gasteiger partial charge in [0.15, 0.2) is 0 Å². The fraction of sp³-hybridized carbons (Fsp3) is 0.632. The highest BCUT2D eigenvalue weighted by Crippen LogP contribution is 2.21. The van der Waals surface area contributed by atoms with Crippen molar-refractivity contribution in [2.75, 3.05) is 32.1 Å². The van der Waals surface area contributed by atoms with Crippen LogP contribution in [0.25, 0.3) is 0 Å². The molecule has 2 rings (SSSR count). The van der Waals surface area contributed by atoms with E-state index in [0.717, 1.165) is 37.2 Å². The molecule has 1 heterocycles. The minimum atomic E-state index is -0.149. The Morgan fingerprint density at radius 3 is 2.67 bits per heavy atom. The molecule has 5 nitrogen and oxygen atoms in total. The summed E-state index contributed by atoms with van der Waals surface area (Å²) in [6, 6.07) is 8.46. The van der Waals surface area contributed by atoms with E-state index in [9.17, 15) is 4.79 Å². The largest absolute Gasteiger partial charge is 0.394 e. The zero-order valence-electron chi connectivity index (χ0n) is 15.1. The van der Waals surface area contributed by atoms with Crippen molar-refractivity contribution in [2.24, 2.45) is 5.92 Å². The lowest BCUT2D eigenvalue weighted by Crippen LogP contribution is -2.43. The molecule has 1 fully saturated rings. The summed E-state index contributed by atoms with van der Waals surface area (Å²) in [5, 5.41) is 15.6. The molecule has 1 saturated heterocycles. The summed E-state index contributed by atoms with van der Waals surface area (Å²) in [6.07, 6.45) is 2.24. The Kier molecular flexibility index (Phi) is 7.06. The van der Waals surface area contributed by atoms with E-state index in [1.54, 1.807) is 0 Å². The highest BCUT2D eigenvalue weighted by Gasteiger charge is 2.23. The molecular weight excluding hydrogens is 302 g/mol. The molecular formula is C19H31N3O2. The lowest BCUT2D eigenvalue weighted by Gasteiger charge is -2.35. The van der Waals surface area contributed by atoms with E-state index < -0.39 is 0 Å². The highest BCUT2D eigenvalue weighted by molar-refractivity contribution is 5.79. The van der Waals surface area contributed by atoms with Crippen LogP contribution >= 0.6 is 0 Å². The number of hydrogen-bond acceptors (Lipinski definition) is 4. The van der Waals surface area contributed by atoms with Gasteiger partial charge in [-0.25, -0.2) is 0 Å². The van der Waals surface area contributed by atoms with Gasteiger partial charge >= 0.3 is 0 Å². The number of nitrogens with zero attached hydrogens (tertiary/aromatic N) is 1. The van der Waals surface area contributed by atoms with Gasteiger partial charge in [-0.15, -0.1) is 0 Å². The molecule has 1 aliphatic rings. The topological polar surface area (TPSA) is 64.6 Å². The van der Waals surface area contributed by atoms with Crippen LogP contribution in [0, 0.1) is 5.92 Å². The van der Waals surface area contributed by atoms with E-state index in [4.69, 9.17) is 5.11 Å². The molecule has 1 aromatic rings. The van der Waals surface area contributed by atoms with E-state index in [1.165, 1.54) is 0 Å². The summed E-state index contributed by atoms with van der Waals surface area (Å²) in [6.45, 7) is 6.48. The van der Waals surface area contributed by atoms with Crippen LogP contribution in [-0.2, 0) is 11.2 Å². The number of carbonyl (C=O) groups excluding carboxylic acids is 1. The third kappa shape index (κ3) is 5.49. The van der Waals surface area contributed by atoms with Crippen molar-refractivity contribution in [2.45, 2.75) is 45.2 Å². The van der Waals surface area contributed by atoms with Gasteiger partial charge in [0.2, 0.25) is 5.91 Å². The zero-order chi connectivity index (χ0) is 17.5. The van der Waals surface area contributed by atoms with Crippen molar-refractivity contribution in [3.8, 4) is 0 Å². The molecule has 3 N–H and O–H groups in total. The summed E-state index contributed by atoms with van der Waals surface area (Å²) in [5.41, 5.74) is 2.10. The number of likely N-dealkylation sites (tertiary alicyclic amines) is 1. The van der Waals surface area contributed by atoms with E-state index in [2.05, 4.69) is 41.6 Å². The average molecular weight is 333 g/mol. The smallest absolute Gasteiger partial charge is 0.224 e. The van der Waals surface area contributed by atoms with Gasteiger partial charge in [-0.2, -0.15) is 0 Å². The molecule has 3 atom stereocenters. The van der Waals surface area contributed by atoms with Gasteiger partial charge in [0.25, 0.3) is 0 Å². The minimum Gasteiger partial charge on any atom is -0.394 e. The van der Waals surface area contributed by atoms with Crippen LogP contribution in [0.4, 0.5) is 5.69 Å². The molecule has 0 aliphatic carbocycles. The first-order valence-electron chi connectivity index (χ1n) is 8.96. The molecule has 0 saturated carbocycles. The first-order chi connectivity index (χ1) is 11.5. The summed E-state index contributed by atoms with van der Waals surface area (Å²) in [4.78, 5) is 14.3. The lowest BCUT2D eigenvalue weighted by atomic mass is 9.94. The third-order valence-corrected chi connectivity index (χ3v) is 4.86. The van der Waals surface area contributed by atoms with Crippen molar-refractivity contribution < 1.29 is 9.90 Å². The Bertz CT molecular complexity index is 514. The number of carbonyl (C=O) groups is 1. The SMILES string of the molecule is CCC(CO)NC(=O)Cc1ccc(NC2CCN(C)CC2C)cc1. The van der Waals surface area contributed by atoms with Crippen molar-refractivity contribution >= 4 is 11.6 Å². The van der Waals surface area contributed by atoms with E-state index in [0.29, 0.717) is 18.4 Å². The van der Waals surface area contributed by atoms with E-state index >= 15 is 0 Å². The van der Waals surface area contributed by atoms with Crippen molar-refractivity contribution in [3.05, 3.63) is 29.8 Å². The number of amides is 1. The second-order valence-corrected chi connectivity index (χ2v) is 7.01. The second-order valence-electron chi connectivity index (χ2n) is 7.01. The van der Waals surface area contributed by atoms with Crippen molar-refractivity contribution in [1.29, 1.82) is 0 Å². The van der Waals surface area contributed by atoms with Crippen molar-refractivity contribution in [3.63, 3.8) is 0 Å². The zero-order valence-corrected chi connectivity index (χ0v) is 15.1. The second kappa shape index (κ2) is 9.04. The van der Waals surface area contributed by atoms with E-state index in [1.807, 2.05) is 19.1 Å². The quantitative estimate of drug-likeness (QED) is 0.713. The predicted octanol–water partition coefficient (Wildman–Crippen LogP) is 1.87. The molecule has 134 valence electrons. The first-order valence-corrected chi connectivity index (χ1v) is 8.96. The Balaban J connectivity index is 1.85. The maximum Gasteiger partial charge on any atom is 0.224 e. The number of aliphatic hydroxyl groups excluding tert-OH is 1. The predicted molar refractivity (Wildman–Crippen MR) is 98.1 cm³/mol. The fourth-order valence-corrected chi connectivity index (χ4v) is 3.24. The molecule has 1 aromatic carbocycles. The Morgan fingerprint density at radius 1 is 1.38 bits per heavy atom. The first kappa shape index (κ1) is 18.7. The summed E-state index contributed by atoms with van der Waals surface area (Å²) >= 11 is 0. The summed E-state index contributed by atoms with van der Waals surface area (Å²) < 4.78 is 0. The van der Waals surface area contributed by atoms with Crippen LogP contribution in [0.2, 0.25) is 0 Å². The number of hydrogen-bond donors (Lipinski definition) is 3. The lowest BCUT2D eigenvalue weighted by molar-refractivity contribution is -0.121. The monoisotopic (exact) mass is 333 g/mol. The van der Waals surface area contributed by atoms with Gasteiger partial charge in [-0.05, 0) is 50.0 Å². The van der Waals surface area contributed by atoms with Crippen LogP contribution in [0.1, 0.15) is 32.3 Å². The number of nitrogens with one attached hydrogen (secondary N) is 2. The van der Waals surface area contributed by atoms with E-state index in [-0.39, 0.29) is 18.6 Å². The molecule has 1 aliphatic heterocycles. The average Bonchev–Trinajstić information content (AvgIpc) is 2.57. The number of benzene rings is 1. The van der Waals surface area contributed by atoms with Crippen LogP contribution in [0.3, 0.4) is 0 Å². The Labute approximate surface area is 145 Å². The van der Waals surface area contributed by atoms with Crippen LogP contribution in [-0.4, -0.2) is 54.7 Å². The standard InChI is InChI=1S/C19H31N3O2/c1-4-16(13-23)21-19(24)11-15-5-7-17(8-6-15)20-18-9-10-22(3)12-14(18)2/h5-8,14,16,18,20,23H,4,9-13H2,1-3H3,(H,21,24). The van der Waals surface area contributed by atoms with Gasteiger partial charge in [-0.1, -0.05) is 26.0 Å².